The molecule has 0 spiro atoms. The standard InChI is InChI=1S/C41H27N7O2/c49-40(45-30-20-9-14-26-12-1-3-16-28(26)30)47-36-24-7-5-18-32(36)43-38(47)34-22-11-23-35(42-34)39-44-33-19-6-8-25-37(33)48(39)41(50)46-31-21-10-15-27-13-2-4-17-29(27)31/h1-25H,(H,45,49)(H,46,50). The first-order valence-corrected chi connectivity index (χ1v) is 16.1. The van der Waals surface area contributed by atoms with Crippen LogP contribution in [-0.2, 0) is 0 Å². The summed E-state index contributed by atoms with van der Waals surface area (Å²) in [5.74, 6) is 0.710. The van der Waals surface area contributed by atoms with Gasteiger partial charge in [-0.3, -0.25) is 0 Å². The van der Waals surface area contributed by atoms with Crippen LogP contribution in [0.4, 0.5) is 21.0 Å². The molecule has 238 valence electrons. The van der Waals surface area contributed by atoms with Gasteiger partial charge in [0.25, 0.3) is 0 Å². The molecule has 6 aromatic carbocycles. The number of benzene rings is 6. The first kappa shape index (κ1) is 29.0. The molecular formula is C41H27N7O2. The summed E-state index contributed by atoms with van der Waals surface area (Å²) in [6, 6.07) is 47.0. The molecule has 9 aromatic rings. The third kappa shape index (κ3) is 4.92. The van der Waals surface area contributed by atoms with Gasteiger partial charge < -0.3 is 10.6 Å². The summed E-state index contributed by atoms with van der Waals surface area (Å²) in [5.41, 5.74) is 4.81. The normalized spacial score (nSPS) is 11.4. The molecule has 0 bridgehead atoms. The average molecular weight is 650 g/mol. The molecule has 9 rings (SSSR count). The maximum absolute atomic E-state index is 14.1. The van der Waals surface area contributed by atoms with Crippen molar-refractivity contribution >= 4 is 67.0 Å². The Balaban J connectivity index is 1.15. The molecule has 9 heteroatoms. The zero-order chi connectivity index (χ0) is 33.6. The van der Waals surface area contributed by atoms with Crippen LogP contribution in [0.5, 0.6) is 0 Å². The predicted octanol–water partition coefficient (Wildman–Crippen LogP) is 9.58. The Morgan fingerprint density at radius 1 is 0.420 bits per heavy atom. The Morgan fingerprint density at radius 3 is 1.32 bits per heavy atom. The van der Waals surface area contributed by atoms with E-state index in [9.17, 15) is 9.59 Å². The van der Waals surface area contributed by atoms with E-state index in [1.54, 1.807) is 21.3 Å². The van der Waals surface area contributed by atoms with Crippen LogP contribution in [0.25, 0.3) is 66.6 Å². The Kier molecular flexibility index (Phi) is 6.87. The van der Waals surface area contributed by atoms with Crippen molar-refractivity contribution in [3.8, 4) is 23.0 Å². The zero-order valence-corrected chi connectivity index (χ0v) is 26.5. The minimum absolute atomic E-state index is 0.355. The van der Waals surface area contributed by atoms with Crippen LogP contribution in [-0.4, -0.2) is 36.1 Å². The molecule has 2 N–H and O–H groups in total. The predicted molar refractivity (Wildman–Crippen MR) is 198 cm³/mol. The molecule has 0 radical (unpaired) electrons. The fourth-order valence-electron chi connectivity index (χ4n) is 6.50. The monoisotopic (exact) mass is 649 g/mol. The third-order valence-corrected chi connectivity index (χ3v) is 8.80. The SMILES string of the molecule is O=C(Nc1cccc2ccccc12)n1c(-c2cccc(-c3nc4ccccc4n3C(=O)Nc3cccc4ccccc34)n2)nc2ccccc21. The number of fused-ring (bicyclic) bond motifs is 4. The fourth-order valence-corrected chi connectivity index (χ4v) is 6.50. The van der Waals surface area contributed by atoms with Gasteiger partial charge in [-0.1, -0.05) is 103 Å². The molecule has 0 atom stereocenters. The van der Waals surface area contributed by atoms with Gasteiger partial charge in [0.2, 0.25) is 0 Å². The van der Waals surface area contributed by atoms with Gasteiger partial charge in [0, 0.05) is 10.8 Å². The lowest BCUT2D eigenvalue weighted by Gasteiger charge is -2.13. The number of carbonyl (C=O) groups excluding carboxylic acids is 2. The van der Waals surface area contributed by atoms with Crippen LogP contribution >= 0.6 is 0 Å². The van der Waals surface area contributed by atoms with Crippen LogP contribution in [0, 0.1) is 0 Å². The van der Waals surface area contributed by atoms with Crippen LogP contribution in [0.15, 0.2) is 152 Å². The van der Waals surface area contributed by atoms with Gasteiger partial charge in [-0.15, -0.1) is 0 Å². The Bertz CT molecular complexity index is 2580. The quantitative estimate of drug-likeness (QED) is 0.197. The Morgan fingerprint density at radius 2 is 0.820 bits per heavy atom. The second kappa shape index (κ2) is 11.8. The zero-order valence-electron chi connectivity index (χ0n) is 26.5. The molecule has 50 heavy (non-hydrogen) atoms. The number of nitrogens with zero attached hydrogens (tertiary/aromatic N) is 5. The summed E-state index contributed by atoms with van der Waals surface area (Å²) >= 11 is 0. The van der Waals surface area contributed by atoms with Gasteiger partial charge in [-0.25, -0.2) is 33.7 Å². The summed E-state index contributed by atoms with van der Waals surface area (Å²) in [6.45, 7) is 0. The number of para-hydroxylation sites is 4. The van der Waals surface area contributed by atoms with Gasteiger partial charge in [0.05, 0.1) is 33.4 Å². The topological polar surface area (TPSA) is 107 Å². The largest absolute Gasteiger partial charge is 0.332 e. The fraction of sp³-hybridized carbons (Fsp3) is 0. The summed E-state index contributed by atoms with van der Waals surface area (Å²) < 4.78 is 3.08. The van der Waals surface area contributed by atoms with E-state index in [0.29, 0.717) is 56.5 Å². The van der Waals surface area contributed by atoms with E-state index < -0.39 is 0 Å². The maximum Gasteiger partial charge on any atom is 0.332 e. The molecule has 0 aliphatic rings. The summed E-state index contributed by atoms with van der Waals surface area (Å²) in [7, 11) is 0. The van der Waals surface area contributed by atoms with E-state index >= 15 is 0 Å². The van der Waals surface area contributed by atoms with Crippen molar-refractivity contribution < 1.29 is 9.59 Å². The number of rotatable bonds is 4. The maximum atomic E-state index is 14.1. The molecule has 0 fully saturated rings. The minimum atomic E-state index is -0.376. The average Bonchev–Trinajstić information content (AvgIpc) is 3.75. The second-order valence-corrected chi connectivity index (χ2v) is 11.8. The second-order valence-electron chi connectivity index (χ2n) is 11.8. The van der Waals surface area contributed by atoms with E-state index in [2.05, 4.69) is 10.6 Å². The van der Waals surface area contributed by atoms with Crippen molar-refractivity contribution in [2.45, 2.75) is 0 Å². The van der Waals surface area contributed by atoms with Crippen molar-refractivity contribution in [1.82, 2.24) is 24.1 Å². The summed E-state index contributed by atoms with van der Waals surface area (Å²) in [4.78, 5) is 42.9. The van der Waals surface area contributed by atoms with Gasteiger partial charge in [-0.2, -0.15) is 0 Å². The lowest BCUT2D eigenvalue weighted by atomic mass is 10.1. The number of imidazole rings is 2. The molecule has 3 heterocycles. The highest BCUT2D eigenvalue weighted by molar-refractivity contribution is 6.07. The smallest absolute Gasteiger partial charge is 0.307 e. The van der Waals surface area contributed by atoms with Crippen LogP contribution < -0.4 is 10.6 Å². The highest BCUT2D eigenvalue weighted by Gasteiger charge is 2.23. The molecule has 0 saturated heterocycles. The van der Waals surface area contributed by atoms with Crippen molar-refractivity contribution in [3.05, 3.63) is 152 Å². The van der Waals surface area contributed by atoms with Gasteiger partial charge >= 0.3 is 12.1 Å². The van der Waals surface area contributed by atoms with Crippen LogP contribution in [0.3, 0.4) is 0 Å². The number of nitrogens with one attached hydrogen (secondary N) is 2. The Hall–Kier alpha value is -7.13. The lowest BCUT2D eigenvalue weighted by molar-refractivity contribution is 0.253. The summed E-state index contributed by atoms with van der Waals surface area (Å²) in [5, 5.41) is 10.1. The minimum Gasteiger partial charge on any atom is -0.307 e. The van der Waals surface area contributed by atoms with Crippen LogP contribution in [0.1, 0.15) is 0 Å². The van der Waals surface area contributed by atoms with Gasteiger partial charge in [-0.05, 0) is 59.3 Å². The van der Waals surface area contributed by atoms with E-state index in [4.69, 9.17) is 15.0 Å². The number of pyridine rings is 1. The number of aromatic nitrogens is 5. The van der Waals surface area contributed by atoms with Crippen LogP contribution in [0.2, 0.25) is 0 Å². The van der Waals surface area contributed by atoms with Crippen molar-refractivity contribution in [2.75, 3.05) is 10.6 Å². The third-order valence-electron chi connectivity index (χ3n) is 8.80. The van der Waals surface area contributed by atoms with Gasteiger partial charge in [0.15, 0.2) is 11.6 Å². The number of amides is 2. The Labute approximate surface area is 285 Å². The van der Waals surface area contributed by atoms with Crippen molar-refractivity contribution in [3.63, 3.8) is 0 Å². The summed E-state index contributed by atoms with van der Waals surface area (Å²) in [6.07, 6.45) is 0. The first-order valence-electron chi connectivity index (χ1n) is 16.1. The molecular weight excluding hydrogens is 622 g/mol. The molecule has 0 aliphatic carbocycles. The molecule has 3 aromatic heterocycles. The van der Waals surface area contributed by atoms with Crippen molar-refractivity contribution in [1.29, 1.82) is 0 Å². The van der Waals surface area contributed by atoms with Gasteiger partial charge in [0.1, 0.15) is 11.4 Å². The highest BCUT2D eigenvalue weighted by Crippen LogP contribution is 2.31. The van der Waals surface area contributed by atoms with E-state index in [0.717, 1.165) is 21.5 Å². The molecule has 0 aliphatic heterocycles. The number of hydrogen-bond donors (Lipinski definition) is 2. The lowest BCUT2D eigenvalue weighted by Crippen LogP contribution is -2.21. The van der Waals surface area contributed by atoms with E-state index in [-0.39, 0.29) is 12.1 Å². The van der Waals surface area contributed by atoms with Crippen molar-refractivity contribution in [2.24, 2.45) is 0 Å². The molecule has 9 nitrogen and oxygen atoms in total. The molecule has 0 saturated carbocycles. The van der Waals surface area contributed by atoms with E-state index in [1.807, 2.05) is 140 Å². The highest BCUT2D eigenvalue weighted by atomic mass is 16.2. The number of hydrogen-bond acceptors (Lipinski definition) is 5. The number of carbonyl (C=O) groups is 2. The first-order chi connectivity index (χ1) is 24.6. The molecule has 2 amide bonds. The number of anilines is 2. The van der Waals surface area contributed by atoms with E-state index in [1.165, 1.54) is 0 Å². The molecule has 0 unspecified atom stereocenters.